The summed E-state index contributed by atoms with van der Waals surface area (Å²) in [5.74, 6) is -0.204. The van der Waals surface area contributed by atoms with Crippen LogP contribution in [0.15, 0.2) is 30.3 Å². The van der Waals surface area contributed by atoms with E-state index in [-0.39, 0.29) is 18.1 Å². The summed E-state index contributed by atoms with van der Waals surface area (Å²) in [5.41, 5.74) is 0.892. The molecule has 120 valence electrons. The third-order valence-corrected chi connectivity index (χ3v) is 4.10. The number of ether oxygens (including phenoxy) is 3. The number of nitrogens with one attached hydrogen (secondary N) is 1. The van der Waals surface area contributed by atoms with Crippen molar-refractivity contribution in [1.29, 1.82) is 0 Å². The quantitative estimate of drug-likeness (QED) is 0.843. The van der Waals surface area contributed by atoms with Crippen LogP contribution in [0.3, 0.4) is 0 Å². The van der Waals surface area contributed by atoms with Gasteiger partial charge in [-0.05, 0) is 6.92 Å². The molecule has 2 N–H and O–H groups in total. The minimum atomic E-state index is -0.840. The van der Waals surface area contributed by atoms with Crippen molar-refractivity contribution in [2.75, 3.05) is 6.61 Å². The summed E-state index contributed by atoms with van der Waals surface area (Å²) in [6.45, 7) is 3.59. The molecule has 6 heteroatoms. The molecule has 2 heterocycles. The number of rotatable bonds is 2. The Balaban J connectivity index is 1.75. The lowest BCUT2D eigenvalue weighted by Gasteiger charge is -2.47. The van der Waals surface area contributed by atoms with E-state index in [0.717, 1.165) is 5.56 Å². The Kier molecular flexibility index (Phi) is 4.44. The van der Waals surface area contributed by atoms with E-state index in [1.54, 1.807) is 0 Å². The summed E-state index contributed by atoms with van der Waals surface area (Å²) in [7, 11) is 0. The van der Waals surface area contributed by atoms with Crippen molar-refractivity contribution in [1.82, 2.24) is 5.32 Å². The van der Waals surface area contributed by atoms with Gasteiger partial charge in [0.15, 0.2) is 6.29 Å². The molecule has 1 aromatic carbocycles. The molecule has 0 radical (unpaired) electrons. The molecule has 2 saturated heterocycles. The van der Waals surface area contributed by atoms with Crippen LogP contribution in [-0.2, 0) is 19.0 Å². The van der Waals surface area contributed by atoms with Gasteiger partial charge in [-0.15, -0.1) is 0 Å². The zero-order valence-electron chi connectivity index (χ0n) is 12.6. The number of benzene rings is 1. The van der Waals surface area contributed by atoms with Crippen LogP contribution >= 0.6 is 0 Å². The molecule has 22 heavy (non-hydrogen) atoms. The van der Waals surface area contributed by atoms with Crippen molar-refractivity contribution in [2.45, 2.75) is 50.6 Å². The topological polar surface area (TPSA) is 77.0 Å². The van der Waals surface area contributed by atoms with Crippen LogP contribution in [0.4, 0.5) is 0 Å². The Hall–Kier alpha value is -1.47. The van der Waals surface area contributed by atoms with Gasteiger partial charge in [0.2, 0.25) is 5.91 Å². The molecule has 1 aromatic rings. The molecule has 0 spiro atoms. The molecule has 0 saturated carbocycles. The van der Waals surface area contributed by atoms with Crippen molar-refractivity contribution in [2.24, 2.45) is 0 Å². The van der Waals surface area contributed by atoms with Gasteiger partial charge in [-0.3, -0.25) is 4.79 Å². The summed E-state index contributed by atoms with van der Waals surface area (Å²) in [6.07, 6.45) is -2.55. The van der Waals surface area contributed by atoms with Crippen LogP contribution in [0.5, 0.6) is 0 Å². The first-order valence-electron chi connectivity index (χ1n) is 7.49. The summed E-state index contributed by atoms with van der Waals surface area (Å²) in [5, 5.41) is 13.3. The van der Waals surface area contributed by atoms with Crippen LogP contribution in [0.25, 0.3) is 0 Å². The standard InChI is InChI=1S/C16H21NO5/c1-9-13(17-10(2)18)14(19)15-12(21-9)8-20-16(22-15)11-6-4-3-5-7-11/h3-7,9,12-16,19H,8H2,1-2H3,(H,17,18). The minimum absolute atomic E-state index is 0.204. The number of fused-ring (bicyclic) bond motifs is 1. The second-order valence-electron chi connectivity index (χ2n) is 5.77. The largest absolute Gasteiger partial charge is 0.388 e. The van der Waals surface area contributed by atoms with Crippen molar-refractivity contribution in [3.8, 4) is 0 Å². The predicted molar refractivity (Wildman–Crippen MR) is 78.0 cm³/mol. The smallest absolute Gasteiger partial charge is 0.217 e. The molecule has 6 unspecified atom stereocenters. The van der Waals surface area contributed by atoms with Gasteiger partial charge >= 0.3 is 0 Å². The third kappa shape index (κ3) is 3.01. The first-order valence-corrected chi connectivity index (χ1v) is 7.49. The molecule has 1 amide bonds. The second-order valence-corrected chi connectivity index (χ2v) is 5.77. The molecule has 2 aliphatic heterocycles. The second kappa shape index (κ2) is 6.34. The van der Waals surface area contributed by atoms with E-state index in [9.17, 15) is 9.90 Å². The fourth-order valence-corrected chi connectivity index (χ4v) is 3.03. The highest BCUT2D eigenvalue weighted by Crippen LogP contribution is 2.33. The number of aliphatic hydroxyl groups is 1. The molecular formula is C16H21NO5. The normalized spacial score (nSPS) is 38.1. The average Bonchev–Trinajstić information content (AvgIpc) is 2.52. The Labute approximate surface area is 129 Å². The van der Waals surface area contributed by atoms with E-state index in [1.807, 2.05) is 37.3 Å². The van der Waals surface area contributed by atoms with E-state index in [2.05, 4.69) is 5.32 Å². The predicted octanol–water partition coefficient (Wildman–Crippen LogP) is 0.753. The summed E-state index contributed by atoms with van der Waals surface area (Å²) >= 11 is 0. The van der Waals surface area contributed by atoms with E-state index in [4.69, 9.17) is 14.2 Å². The van der Waals surface area contributed by atoms with Crippen LogP contribution in [-0.4, -0.2) is 48.1 Å². The highest BCUT2D eigenvalue weighted by Gasteiger charge is 2.48. The molecule has 0 aromatic heterocycles. The lowest BCUT2D eigenvalue weighted by molar-refractivity contribution is -0.313. The molecule has 2 fully saturated rings. The van der Waals surface area contributed by atoms with Gasteiger partial charge in [0.05, 0.1) is 18.8 Å². The van der Waals surface area contributed by atoms with Crippen molar-refractivity contribution >= 4 is 5.91 Å². The Morgan fingerprint density at radius 1 is 1.27 bits per heavy atom. The van der Waals surface area contributed by atoms with E-state index in [1.165, 1.54) is 6.92 Å². The molecule has 3 rings (SSSR count). The van der Waals surface area contributed by atoms with Crippen LogP contribution in [0.1, 0.15) is 25.7 Å². The van der Waals surface area contributed by atoms with Crippen LogP contribution in [0, 0.1) is 0 Å². The monoisotopic (exact) mass is 307 g/mol. The van der Waals surface area contributed by atoms with E-state index < -0.39 is 24.5 Å². The highest BCUT2D eigenvalue weighted by atomic mass is 16.7. The Bertz CT molecular complexity index is 523. The molecule has 0 bridgehead atoms. The number of amides is 1. The fraction of sp³-hybridized carbons (Fsp3) is 0.562. The molecular weight excluding hydrogens is 286 g/mol. The van der Waals surface area contributed by atoms with Gasteiger partial charge in [-0.1, -0.05) is 30.3 Å². The maximum atomic E-state index is 11.3. The molecule has 6 atom stereocenters. The first-order chi connectivity index (χ1) is 10.6. The molecule has 6 nitrogen and oxygen atoms in total. The molecule has 0 aliphatic carbocycles. The van der Waals surface area contributed by atoms with Gasteiger partial charge in [-0.25, -0.2) is 0 Å². The van der Waals surface area contributed by atoms with Gasteiger partial charge in [-0.2, -0.15) is 0 Å². The van der Waals surface area contributed by atoms with Crippen molar-refractivity contribution in [3.63, 3.8) is 0 Å². The number of aliphatic hydroxyl groups excluding tert-OH is 1. The number of hydrogen-bond acceptors (Lipinski definition) is 5. The van der Waals surface area contributed by atoms with Gasteiger partial charge < -0.3 is 24.6 Å². The average molecular weight is 307 g/mol. The van der Waals surface area contributed by atoms with Gasteiger partial charge in [0.1, 0.15) is 18.3 Å². The summed E-state index contributed by atoms with van der Waals surface area (Å²) in [6, 6.07) is 9.06. The van der Waals surface area contributed by atoms with Gasteiger partial charge in [0, 0.05) is 12.5 Å². The summed E-state index contributed by atoms with van der Waals surface area (Å²) < 4.78 is 17.4. The zero-order chi connectivity index (χ0) is 15.7. The highest BCUT2D eigenvalue weighted by molar-refractivity contribution is 5.73. The SMILES string of the molecule is CC(=O)NC1C(C)OC2COC(c3ccccc3)OC2C1O. The zero-order valence-corrected chi connectivity index (χ0v) is 12.6. The maximum absolute atomic E-state index is 11.3. The first kappa shape index (κ1) is 15.4. The number of carbonyl (C=O) groups is 1. The molecule has 2 aliphatic rings. The fourth-order valence-electron chi connectivity index (χ4n) is 3.03. The number of carbonyl (C=O) groups excluding carboxylic acids is 1. The lowest BCUT2D eigenvalue weighted by Crippen LogP contribution is -2.65. The van der Waals surface area contributed by atoms with E-state index in [0.29, 0.717) is 6.61 Å². The Morgan fingerprint density at radius 2 is 2.00 bits per heavy atom. The minimum Gasteiger partial charge on any atom is -0.388 e. The maximum Gasteiger partial charge on any atom is 0.217 e. The van der Waals surface area contributed by atoms with Crippen LogP contribution in [0.2, 0.25) is 0 Å². The van der Waals surface area contributed by atoms with Crippen LogP contribution < -0.4 is 5.32 Å². The van der Waals surface area contributed by atoms with Crippen molar-refractivity contribution < 1.29 is 24.1 Å². The number of hydrogen-bond donors (Lipinski definition) is 2. The van der Waals surface area contributed by atoms with Crippen molar-refractivity contribution in [3.05, 3.63) is 35.9 Å². The van der Waals surface area contributed by atoms with Gasteiger partial charge in [0.25, 0.3) is 0 Å². The Morgan fingerprint density at radius 3 is 2.68 bits per heavy atom. The summed E-state index contributed by atoms with van der Waals surface area (Å²) in [4.78, 5) is 11.3. The lowest BCUT2D eigenvalue weighted by atomic mass is 9.92. The van der Waals surface area contributed by atoms with E-state index >= 15 is 0 Å². The third-order valence-electron chi connectivity index (χ3n) is 4.10.